The number of rotatable bonds is 73. The van der Waals surface area contributed by atoms with Gasteiger partial charge in [-0.15, -0.1) is 0 Å². The molecular formula is C85H143N3O31. The number of esters is 8. The predicted molar refractivity (Wildman–Crippen MR) is 437 cm³/mol. The molecule has 4 N–H and O–H groups in total. The molecule has 0 saturated carbocycles. The lowest BCUT2D eigenvalue weighted by Gasteiger charge is -2.35. The second-order valence-corrected chi connectivity index (χ2v) is 30.2. The van der Waals surface area contributed by atoms with Crippen LogP contribution in [0.4, 0.5) is 0 Å². The average Bonchev–Trinajstić information content (AvgIpc) is 1.78. The highest BCUT2D eigenvalue weighted by molar-refractivity contribution is 5.83. The van der Waals surface area contributed by atoms with Crippen molar-refractivity contribution in [3.8, 4) is 0 Å². The number of carbonyl (C=O) groups excluding carboxylic acids is 8. The smallest absolute Gasteiger partial charge is 0.330 e. The Kier molecular flexibility index (Phi) is 59.5. The highest BCUT2D eigenvalue weighted by Crippen LogP contribution is 2.32. The third-order valence-corrected chi connectivity index (χ3v) is 20.4. The van der Waals surface area contributed by atoms with Crippen LogP contribution >= 0.6 is 0 Å². The Morgan fingerprint density at radius 3 is 0.857 bits per heavy atom. The van der Waals surface area contributed by atoms with Crippen molar-refractivity contribution in [1.29, 1.82) is 0 Å². The quantitative estimate of drug-likeness (QED) is 0.0273. The Morgan fingerprint density at radius 2 is 0.605 bits per heavy atom. The number of aliphatic hydroxyl groups is 4. The maximum atomic E-state index is 13.3. The largest absolute Gasteiger partial charge is 0.465 e. The summed E-state index contributed by atoms with van der Waals surface area (Å²) in [5.74, 6) is -4.89. The Morgan fingerprint density at radius 1 is 0.353 bits per heavy atom. The van der Waals surface area contributed by atoms with Crippen LogP contribution in [0.1, 0.15) is 118 Å². The SMILES string of the molecule is C=CC(=O)OCC(CC)(COCC(CC)(COC(=O)C=C)COC(=O)CCN(CC(O)COCCOCCOC)CC1CCCO1)COC(=O)C=C.C=CC(=O)OCC(CC)(COCC(CC)(COC(=O)C=C)COC(=O)CCN(CC(O)COCCOCCOCC(O)CN(CC(O)CC)CC1CCCO1)CC1CCCO1)COC(=O)C=C. The zero-order valence-electron chi connectivity index (χ0n) is 71.8. The third kappa shape index (κ3) is 50.0. The first-order valence-electron chi connectivity index (χ1n) is 41.6. The van der Waals surface area contributed by atoms with Gasteiger partial charge in [-0.05, 0) is 70.6 Å². The first-order valence-corrected chi connectivity index (χ1v) is 41.6. The Labute approximate surface area is 704 Å². The second-order valence-electron chi connectivity index (χ2n) is 30.2. The van der Waals surface area contributed by atoms with Crippen molar-refractivity contribution in [3.63, 3.8) is 0 Å². The van der Waals surface area contributed by atoms with Crippen LogP contribution < -0.4 is 0 Å². The van der Waals surface area contributed by atoms with Gasteiger partial charge in [0.1, 0.15) is 52.9 Å². The average molecular weight is 1700 g/mol. The summed E-state index contributed by atoms with van der Waals surface area (Å²) < 4.78 is 106. The monoisotopic (exact) mass is 1700 g/mol. The van der Waals surface area contributed by atoms with E-state index in [0.717, 1.165) is 81.6 Å². The van der Waals surface area contributed by atoms with Crippen LogP contribution in [0.5, 0.6) is 0 Å². The van der Waals surface area contributed by atoms with Crippen LogP contribution in [-0.2, 0) is 128 Å². The number of methoxy groups -OCH3 is 1. The normalized spacial score (nSPS) is 17.4. The van der Waals surface area contributed by atoms with Gasteiger partial charge in [-0.3, -0.25) is 24.3 Å². The van der Waals surface area contributed by atoms with Gasteiger partial charge in [0, 0.05) is 122 Å². The van der Waals surface area contributed by atoms with Gasteiger partial charge in [0.2, 0.25) is 0 Å². The lowest BCUT2D eigenvalue weighted by molar-refractivity contribution is -0.162. The van der Waals surface area contributed by atoms with E-state index in [-0.39, 0.29) is 170 Å². The summed E-state index contributed by atoms with van der Waals surface area (Å²) in [4.78, 5) is 104. The minimum atomic E-state index is -0.972. The minimum Gasteiger partial charge on any atom is -0.465 e. The molecule has 3 fully saturated rings. The Bertz CT molecular complexity index is 2830. The summed E-state index contributed by atoms with van der Waals surface area (Å²) in [5, 5.41) is 42.3. The van der Waals surface area contributed by atoms with Crippen LogP contribution in [0.25, 0.3) is 0 Å². The predicted octanol–water partition coefficient (Wildman–Crippen LogP) is 4.86. The van der Waals surface area contributed by atoms with Crippen molar-refractivity contribution in [2.75, 3.05) is 238 Å². The molecule has 0 spiro atoms. The first kappa shape index (κ1) is 109. The van der Waals surface area contributed by atoms with Crippen LogP contribution in [0.3, 0.4) is 0 Å². The molecule has 0 amide bonds. The van der Waals surface area contributed by atoms with Gasteiger partial charge >= 0.3 is 47.8 Å². The summed E-state index contributed by atoms with van der Waals surface area (Å²) in [5.41, 5.74) is -3.76. The fraction of sp³-hybridized carbons (Fsp3) is 0.765. The van der Waals surface area contributed by atoms with E-state index in [2.05, 4.69) is 39.5 Å². The fourth-order valence-corrected chi connectivity index (χ4v) is 12.3. The van der Waals surface area contributed by atoms with Gasteiger partial charge in [0.15, 0.2) is 0 Å². The van der Waals surface area contributed by atoms with Crippen LogP contribution in [0.15, 0.2) is 75.9 Å². The van der Waals surface area contributed by atoms with Crippen molar-refractivity contribution >= 4 is 47.8 Å². The molecule has 0 aliphatic carbocycles. The molecule has 9 atom stereocenters. The third-order valence-electron chi connectivity index (χ3n) is 20.4. The van der Waals surface area contributed by atoms with Crippen LogP contribution in [-0.4, -0.2) is 363 Å². The number of ether oxygens (including phenoxy) is 19. The standard InChI is InChI=1S/C48H82N2O17.C37H61NO14/c1-7-38(51)25-50(29-42-16-14-20-63-42)27-40(53)31-60-24-22-58-21-23-59-30-39(52)26-49(28-41-15-13-19-62-41)18-17-46(57)67-37-48(12-6,36-66-45(56)10-4)33-61-32-47(11-5,34-64-43(54)8-2)35-65-44(55)9-3;1-7-32(40)49-26-36(10-4,27-50-33(41)8-2)24-47-25-37(11-5,28-51-34(42)9-3)29-52-35(43)14-15-38(22-31-13-12-16-48-31)21-30(39)23-46-20-19-45-18-17-44-6/h8-10,38-42,51-53H,2-4,7,11-37H2,1,5-6H3;7-9,30-31,39H,1-3,10-29H2,4-6H3. The van der Waals surface area contributed by atoms with Crippen molar-refractivity contribution in [1.82, 2.24) is 14.7 Å². The maximum Gasteiger partial charge on any atom is 0.330 e. The zero-order valence-corrected chi connectivity index (χ0v) is 71.8. The number of nitrogens with zero attached hydrogens (tertiary/aromatic N) is 3. The highest BCUT2D eigenvalue weighted by Gasteiger charge is 2.40. The number of hydrogen-bond acceptors (Lipinski definition) is 34. The van der Waals surface area contributed by atoms with E-state index in [1.54, 1.807) is 7.11 Å². The van der Waals surface area contributed by atoms with E-state index in [0.29, 0.717) is 118 Å². The molecule has 3 saturated heterocycles. The molecule has 3 rings (SSSR count). The lowest BCUT2D eigenvalue weighted by Crippen LogP contribution is -2.43. The lowest BCUT2D eigenvalue weighted by atomic mass is 9.86. The van der Waals surface area contributed by atoms with Crippen molar-refractivity contribution in [2.24, 2.45) is 21.7 Å². The molecule has 3 heterocycles. The Hall–Kier alpha value is -6.52. The molecule has 119 heavy (non-hydrogen) atoms. The van der Waals surface area contributed by atoms with Gasteiger partial charge in [-0.2, -0.15) is 0 Å². The van der Waals surface area contributed by atoms with Gasteiger partial charge in [0.05, 0.1) is 176 Å². The molecule has 0 radical (unpaired) electrons. The molecule has 3 aliphatic heterocycles. The van der Waals surface area contributed by atoms with Crippen LogP contribution in [0, 0.1) is 21.7 Å². The molecule has 34 nitrogen and oxygen atoms in total. The molecule has 0 aromatic carbocycles. The summed E-state index contributed by atoms with van der Waals surface area (Å²) in [6, 6.07) is 0. The number of hydrogen-bond donors (Lipinski definition) is 4. The Balaban J connectivity index is 0.000000834. The summed E-state index contributed by atoms with van der Waals surface area (Å²) in [6.07, 6.45) is 11.3. The van der Waals surface area contributed by atoms with Crippen molar-refractivity contribution in [2.45, 2.75) is 161 Å². The molecule has 3 aliphatic rings. The summed E-state index contributed by atoms with van der Waals surface area (Å²) in [7, 11) is 1.60. The maximum absolute atomic E-state index is 13.3. The first-order chi connectivity index (χ1) is 57.2. The highest BCUT2D eigenvalue weighted by atomic mass is 16.6. The van der Waals surface area contributed by atoms with E-state index in [4.69, 9.17) is 90.0 Å². The van der Waals surface area contributed by atoms with E-state index >= 15 is 0 Å². The second kappa shape index (κ2) is 65.2. The van der Waals surface area contributed by atoms with Crippen LogP contribution in [0.2, 0.25) is 0 Å². The minimum absolute atomic E-state index is 0.00131. The van der Waals surface area contributed by atoms with Gasteiger partial charge < -0.3 is 110 Å². The van der Waals surface area contributed by atoms with Crippen molar-refractivity contribution in [3.05, 3.63) is 75.9 Å². The van der Waals surface area contributed by atoms with Crippen molar-refractivity contribution < 1.29 is 149 Å². The molecule has 34 heteroatoms. The summed E-state index contributed by atoms with van der Waals surface area (Å²) >= 11 is 0. The molecule has 0 bridgehead atoms. The number of aliphatic hydroxyl groups excluding tert-OH is 4. The molecule has 0 aromatic rings. The molecule has 0 aromatic heterocycles. The van der Waals surface area contributed by atoms with E-state index in [1.165, 1.54) is 0 Å². The van der Waals surface area contributed by atoms with Gasteiger partial charge in [0.25, 0.3) is 0 Å². The van der Waals surface area contributed by atoms with E-state index < -0.39 is 93.8 Å². The zero-order chi connectivity index (χ0) is 88.0. The molecule has 684 valence electrons. The van der Waals surface area contributed by atoms with Gasteiger partial charge in [-0.1, -0.05) is 74.1 Å². The van der Waals surface area contributed by atoms with E-state index in [9.17, 15) is 58.8 Å². The summed E-state index contributed by atoms with van der Waals surface area (Å²) in [6.45, 7) is 37.5. The fourth-order valence-electron chi connectivity index (χ4n) is 12.3. The van der Waals surface area contributed by atoms with Gasteiger partial charge in [-0.25, -0.2) is 28.8 Å². The topological polar surface area (TPSA) is 403 Å². The number of carbonyl (C=O) groups is 8. The molecular weight excluding hydrogens is 1560 g/mol. The molecule has 9 unspecified atom stereocenters. The van der Waals surface area contributed by atoms with E-state index in [1.807, 2.05) is 49.3 Å².